The summed E-state index contributed by atoms with van der Waals surface area (Å²) in [6.07, 6.45) is 4.68. The minimum Gasteiger partial charge on any atom is -0.336 e. The molecule has 0 aromatic heterocycles. The molecule has 0 bridgehead atoms. The molecule has 0 saturated carbocycles. The lowest BCUT2D eigenvalue weighted by Gasteiger charge is -1.91. The average molecular weight is 138 g/mol. The molecule has 0 unspecified atom stereocenters. The first-order valence-corrected chi connectivity index (χ1v) is 3.26. The maximum absolute atomic E-state index is 4.82. The van der Waals surface area contributed by atoms with Gasteiger partial charge < -0.3 is 4.84 Å². The molecule has 1 heterocycles. The zero-order chi connectivity index (χ0) is 7.40. The van der Waals surface area contributed by atoms with Crippen molar-refractivity contribution < 1.29 is 4.84 Å². The van der Waals surface area contributed by atoms with E-state index in [1.165, 1.54) is 0 Å². The number of nitrogens with zero attached hydrogens (tertiary/aromatic N) is 2. The Hall–Kier alpha value is -1.12. The topological polar surface area (TPSA) is 34.0 Å². The zero-order valence-electron chi connectivity index (χ0n) is 6.16. The van der Waals surface area contributed by atoms with Crippen LogP contribution in [-0.2, 0) is 4.84 Å². The van der Waals surface area contributed by atoms with E-state index in [-0.39, 0.29) is 0 Å². The summed E-state index contributed by atoms with van der Waals surface area (Å²) in [5.41, 5.74) is 0.977. The second-order valence-electron chi connectivity index (χ2n) is 1.92. The van der Waals surface area contributed by atoms with Crippen molar-refractivity contribution in [3.8, 4) is 0 Å². The van der Waals surface area contributed by atoms with E-state index in [2.05, 4.69) is 17.1 Å². The van der Waals surface area contributed by atoms with Crippen LogP contribution in [0.3, 0.4) is 0 Å². The quantitative estimate of drug-likeness (QED) is 0.538. The van der Waals surface area contributed by atoms with Crippen molar-refractivity contribution in [2.24, 2.45) is 10.1 Å². The SMILES string of the molecule is CC/C=C1/C=NOC1=NC. The molecule has 0 atom stereocenters. The van der Waals surface area contributed by atoms with Crippen LogP contribution in [0.2, 0.25) is 0 Å². The summed E-state index contributed by atoms with van der Waals surface area (Å²) in [6, 6.07) is 0. The zero-order valence-corrected chi connectivity index (χ0v) is 6.16. The third kappa shape index (κ3) is 1.23. The molecule has 3 heteroatoms. The van der Waals surface area contributed by atoms with E-state index >= 15 is 0 Å². The fraction of sp³-hybridized carbons (Fsp3) is 0.429. The van der Waals surface area contributed by atoms with Gasteiger partial charge in [0.05, 0.1) is 11.8 Å². The van der Waals surface area contributed by atoms with E-state index in [1.54, 1.807) is 13.3 Å². The van der Waals surface area contributed by atoms with Crippen LogP contribution in [-0.4, -0.2) is 19.2 Å². The van der Waals surface area contributed by atoms with Gasteiger partial charge in [0.2, 0.25) is 0 Å². The van der Waals surface area contributed by atoms with Gasteiger partial charge in [0.15, 0.2) is 0 Å². The van der Waals surface area contributed by atoms with Crippen molar-refractivity contribution >= 4 is 12.1 Å². The number of aliphatic imine (C=N–C) groups is 1. The number of hydrogen-bond acceptors (Lipinski definition) is 3. The number of hydrogen-bond donors (Lipinski definition) is 0. The van der Waals surface area contributed by atoms with Gasteiger partial charge in [-0.2, -0.15) is 0 Å². The number of rotatable bonds is 1. The van der Waals surface area contributed by atoms with E-state index in [0.717, 1.165) is 12.0 Å². The molecule has 0 radical (unpaired) electrons. The van der Waals surface area contributed by atoms with E-state index in [4.69, 9.17) is 4.84 Å². The number of oxime groups is 1. The maximum atomic E-state index is 4.82. The predicted octanol–water partition coefficient (Wildman–Crippen LogP) is 1.37. The van der Waals surface area contributed by atoms with Gasteiger partial charge in [0, 0.05) is 7.05 Å². The minimum atomic E-state index is 0.613. The monoisotopic (exact) mass is 138 g/mol. The van der Waals surface area contributed by atoms with Gasteiger partial charge in [0.25, 0.3) is 5.90 Å². The van der Waals surface area contributed by atoms with Crippen molar-refractivity contribution in [2.75, 3.05) is 7.05 Å². The van der Waals surface area contributed by atoms with Crippen LogP contribution >= 0.6 is 0 Å². The first-order chi connectivity index (χ1) is 4.88. The summed E-state index contributed by atoms with van der Waals surface area (Å²) in [5.74, 6) is 0.613. The highest BCUT2D eigenvalue weighted by atomic mass is 16.6. The molecule has 0 aromatic rings. The molecule has 0 aromatic carbocycles. The van der Waals surface area contributed by atoms with E-state index in [0.29, 0.717) is 5.90 Å². The molecular formula is C7H10N2O. The van der Waals surface area contributed by atoms with Crippen LogP contribution in [0.25, 0.3) is 0 Å². The molecular weight excluding hydrogens is 128 g/mol. The molecule has 0 spiro atoms. The summed E-state index contributed by atoms with van der Waals surface area (Å²) in [5, 5.41) is 3.61. The molecule has 0 aliphatic carbocycles. The van der Waals surface area contributed by atoms with Gasteiger partial charge in [-0.25, -0.2) is 0 Å². The minimum absolute atomic E-state index is 0.613. The van der Waals surface area contributed by atoms with E-state index < -0.39 is 0 Å². The van der Waals surface area contributed by atoms with Gasteiger partial charge >= 0.3 is 0 Å². The van der Waals surface area contributed by atoms with Gasteiger partial charge in [-0.3, -0.25) is 4.99 Å². The lowest BCUT2D eigenvalue weighted by molar-refractivity contribution is 0.342. The Balaban J connectivity index is 2.76. The summed E-state index contributed by atoms with van der Waals surface area (Å²) in [4.78, 5) is 8.71. The molecule has 1 rings (SSSR count). The Morgan fingerprint density at radius 3 is 3.20 bits per heavy atom. The van der Waals surface area contributed by atoms with Gasteiger partial charge in [-0.15, -0.1) is 0 Å². The Kier molecular flexibility index (Phi) is 2.20. The summed E-state index contributed by atoms with van der Waals surface area (Å²) in [7, 11) is 1.69. The first-order valence-electron chi connectivity index (χ1n) is 3.26. The highest BCUT2D eigenvalue weighted by Crippen LogP contribution is 2.05. The second kappa shape index (κ2) is 3.15. The summed E-state index contributed by atoms with van der Waals surface area (Å²) < 4.78 is 0. The predicted molar refractivity (Wildman–Crippen MR) is 41.3 cm³/mol. The molecule has 54 valence electrons. The molecule has 3 nitrogen and oxygen atoms in total. The van der Waals surface area contributed by atoms with Gasteiger partial charge in [-0.1, -0.05) is 18.2 Å². The number of allylic oxidation sites excluding steroid dienone is 1. The Labute approximate surface area is 60.1 Å². The van der Waals surface area contributed by atoms with Crippen LogP contribution in [0, 0.1) is 0 Å². The van der Waals surface area contributed by atoms with Crippen molar-refractivity contribution in [1.29, 1.82) is 0 Å². The molecule has 0 N–H and O–H groups in total. The first kappa shape index (κ1) is 6.99. The largest absolute Gasteiger partial charge is 0.336 e. The van der Waals surface area contributed by atoms with Crippen molar-refractivity contribution in [2.45, 2.75) is 13.3 Å². The van der Waals surface area contributed by atoms with Crippen LogP contribution in [0.5, 0.6) is 0 Å². The highest BCUT2D eigenvalue weighted by molar-refractivity contribution is 6.14. The average Bonchev–Trinajstić information content (AvgIpc) is 2.36. The fourth-order valence-electron chi connectivity index (χ4n) is 0.771. The van der Waals surface area contributed by atoms with Crippen LogP contribution in [0.1, 0.15) is 13.3 Å². The third-order valence-corrected chi connectivity index (χ3v) is 1.21. The normalized spacial score (nSPS) is 24.2. The van der Waals surface area contributed by atoms with E-state index in [9.17, 15) is 0 Å². The second-order valence-corrected chi connectivity index (χ2v) is 1.92. The molecule has 10 heavy (non-hydrogen) atoms. The summed E-state index contributed by atoms with van der Waals surface area (Å²) in [6.45, 7) is 2.06. The lowest BCUT2D eigenvalue weighted by atomic mass is 10.2. The molecule has 0 fully saturated rings. The van der Waals surface area contributed by atoms with Crippen molar-refractivity contribution in [3.63, 3.8) is 0 Å². The van der Waals surface area contributed by atoms with Crippen LogP contribution in [0.4, 0.5) is 0 Å². The van der Waals surface area contributed by atoms with E-state index in [1.807, 2.05) is 6.08 Å². The highest BCUT2D eigenvalue weighted by Gasteiger charge is 2.10. The van der Waals surface area contributed by atoms with Crippen molar-refractivity contribution in [1.82, 2.24) is 0 Å². The molecule has 1 aliphatic rings. The molecule has 0 amide bonds. The van der Waals surface area contributed by atoms with Gasteiger partial charge in [0.1, 0.15) is 0 Å². The van der Waals surface area contributed by atoms with Gasteiger partial charge in [-0.05, 0) is 6.42 Å². The molecule has 1 aliphatic heterocycles. The molecule has 0 saturated heterocycles. The standard InChI is InChI=1S/C7H10N2O/c1-3-4-6-5-9-10-7(6)8-2/h4-5H,3H2,1-2H3/b6-4-,8-7?. The van der Waals surface area contributed by atoms with Crippen molar-refractivity contribution in [3.05, 3.63) is 11.6 Å². The Morgan fingerprint density at radius 1 is 1.80 bits per heavy atom. The third-order valence-electron chi connectivity index (χ3n) is 1.21. The maximum Gasteiger partial charge on any atom is 0.252 e. The Morgan fingerprint density at radius 2 is 2.60 bits per heavy atom. The summed E-state index contributed by atoms with van der Waals surface area (Å²) >= 11 is 0. The van der Waals surface area contributed by atoms with Crippen LogP contribution in [0.15, 0.2) is 21.8 Å². The fourth-order valence-corrected chi connectivity index (χ4v) is 0.771. The van der Waals surface area contributed by atoms with Crippen LogP contribution < -0.4 is 0 Å². The smallest absolute Gasteiger partial charge is 0.252 e. The Bertz CT molecular complexity index is 204. The lowest BCUT2D eigenvalue weighted by Crippen LogP contribution is -1.97.